The van der Waals surface area contributed by atoms with Crippen LogP contribution in [-0.4, -0.2) is 27.3 Å². The third kappa shape index (κ3) is 7.77. The topological polar surface area (TPSA) is 77.0 Å². The van der Waals surface area contributed by atoms with Gasteiger partial charge in [-0.1, -0.05) is 147 Å². The van der Waals surface area contributed by atoms with E-state index in [4.69, 9.17) is 0 Å². The number of alkyl halides is 6. The number of hydrogen-bond acceptors (Lipinski definition) is 5. The highest BCUT2D eigenvalue weighted by Crippen LogP contribution is 2.42. The van der Waals surface area contributed by atoms with E-state index in [-0.39, 0.29) is 49.8 Å². The Morgan fingerprint density at radius 3 is 1.21 bits per heavy atom. The third-order valence-corrected chi connectivity index (χ3v) is 11.2. The summed E-state index contributed by atoms with van der Waals surface area (Å²) < 4.78 is 85.3. The van der Waals surface area contributed by atoms with Crippen LogP contribution >= 0.6 is 0 Å². The molecule has 308 valence electrons. The van der Waals surface area contributed by atoms with Gasteiger partial charge in [0.25, 0.3) is 0 Å². The normalized spacial score (nSPS) is 12.9. The third-order valence-electron chi connectivity index (χ3n) is 11.2. The smallest absolute Gasteiger partial charge is 0.298 e. The zero-order chi connectivity index (χ0) is 43.9. The lowest BCUT2D eigenvalue weighted by molar-refractivity contribution is -0.137. The Morgan fingerprint density at radius 1 is 0.468 bits per heavy atom. The first kappa shape index (κ1) is 41.5. The molecule has 2 aromatic heterocycles. The molecular formula is C51H34F6N2O3. The van der Waals surface area contributed by atoms with Crippen molar-refractivity contribution in [2.45, 2.75) is 38.0 Å². The second-order valence-electron chi connectivity index (χ2n) is 15.0. The first-order valence-electron chi connectivity index (χ1n) is 19.5. The van der Waals surface area contributed by atoms with Crippen molar-refractivity contribution in [3.63, 3.8) is 0 Å². The van der Waals surface area contributed by atoms with Gasteiger partial charge in [-0.2, -0.15) is 26.3 Å². The molecule has 5 nitrogen and oxygen atoms in total. The molecule has 0 radical (unpaired) electrons. The number of ketones is 3. The summed E-state index contributed by atoms with van der Waals surface area (Å²) in [5, 5.41) is 0.220. The summed E-state index contributed by atoms with van der Waals surface area (Å²) in [6, 6.07) is 37.5. The summed E-state index contributed by atoms with van der Waals surface area (Å²) in [6.07, 6.45) is -7.12. The van der Waals surface area contributed by atoms with Crippen LogP contribution in [0.25, 0.3) is 44.1 Å². The van der Waals surface area contributed by atoms with Crippen molar-refractivity contribution in [3.05, 3.63) is 202 Å². The minimum atomic E-state index is -4.72. The van der Waals surface area contributed by atoms with Crippen molar-refractivity contribution in [3.8, 4) is 22.3 Å². The van der Waals surface area contributed by atoms with Gasteiger partial charge in [0, 0.05) is 68.4 Å². The Morgan fingerprint density at radius 2 is 0.839 bits per heavy atom. The first-order chi connectivity index (χ1) is 29.6. The molecule has 8 rings (SSSR count). The average Bonchev–Trinajstić information content (AvgIpc) is 3.29. The summed E-state index contributed by atoms with van der Waals surface area (Å²) in [6.45, 7) is 3.41. The zero-order valence-electron chi connectivity index (χ0n) is 33.1. The van der Waals surface area contributed by atoms with Crippen LogP contribution in [0.3, 0.4) is 0 Å². The number of pyridine rings is 2. The maximum absolute atomic E-state index is 14.4. The van der Waals surface area contributed by atoms with Crippen LogP contribution in [0.15, 0.2) is 158 Å². The van der Waals surface area contributed by atoms with Gasteiger partial charge in [0.15, 0.2) is 11.6 Å². The van der Waals surface area contributed by atoms with Crippen molar-refractivity contribution in [1.29, 1.82) is 0 Å². The number of halogens is 6. The highest BCUT2D eigenvalue weighted by atomic mass is 19.4. The molecule has 2 atom stereocenters. The predicted molar refractivity (Wildman–Crippen MR) is 226 cm³/mol. The van der Waals surface area contributed by atoms with Crippen molar-refractivity contribution in [2.75, 3.05) is 0 Å². The number of aromatic nitrogens is 2. The van der Waals surface area contributed by atoms with Gasteiger partial charge in [-0.05, 0) is 34.4 Å². The highest BCUT2D eigenvalue weighted by Gasteiger charge is 2.36. The standard InChI is InChI=1S/C51H34F6N2O3/c1-29(33-17-9-19-35(25-33)43-37-21-11-23-41(50(52,53)54)45(37)58-27-39(43)48(61)31-13-5-3-6-14-31)47(60)30(2)34-18-10-20-36(26-34)44-38-22-12-24-42(51(55,56)57)46(38)59-28-40(44)49(62)32-15-7-4-8-16-32/h3-30H,1-2H3. The molecular weight excluding hydrogens is 803 g/mol. The van der Waals surface area contributed by atoms with E-state index in [1.54, 1.807) is 123 Å². The van der Waals surface area contributed by atoms with E-state index < -0.39 is 46.9 Å². The Bertz CT molecular complexity index is 2830. The summed E-state index contributed by atoms with van der Waals surface area (Å²) in [4.78, 5) is 50.6. The molecule has 0 N–H and O–H groups in total. The molecule has 62 heavy (non-hydrogen) atoms. The van der Waals surface area contributed by atoms with E-state index in [0.29, 0.717) is 33.4 Å². The van der Waals surface area contributed by atoms with E-state index in [1.165, 1.54) is 24.3 Å². The molecule has 6 aromatic carbocycles. The molecule has 2 heterocycles. The zero-order valence-corrected chi connectivity index (χ0v) is 33.1. The maximum Gasteiger partial charge on any atom is 0.418 e. The molecule has 11 heteroatoms. The van der Waals surface area contributed by atoms with Crippen molar-refractivity contribution < 1.29 is 40.7 Å². The van der Waals surface area contributed by atoms with Gasteiger partial charge in [0.05, 0.1) is 22.2 Å². The van der Waals surface area contributed by atoms with Gasteiger partial charge in [-0.3, -0.25) is 24.4 Å². The lowest BCUT2D eigenvalue weighted by Crippen LogP contribution is -2.17. The Balaban J connectivity index is 1.19. The van der Waals surface area contributed by atoms with Crippen LogP contribution in [0.4, 0.5) is 26.3 Å². The van der Waals surface area contributed by atoms with Crippen molar-refractivity contribution in [2.24, 2.45) is 0 Å². The summed E-state index contributed by atoms with van der Waals surface area (Å²) in [5.41, 5.74) is 0.564. The lowest BCUT2D eigenvalue weighted by Gasteiger charge is -2.20. The van der Waals surface area contributed by atoms with Crippen molar-refractivity contribution in [1.82, 2.24) is 9.97 Å². The van der Waals surface area contributed by atoms with Crippen LogP contribution in [0, 0.1) is 0 Å². The number of benzene rings is 6. The molecule has 0 saturated carbocycles. The Kier molecular flexibility index (Phi) is 10.9. The lowest BCUT2D eigenvalue weighted by atomic mass is 9.83. The SMILES string of the molecule is CC(C(=O)C(C)c1cccc(-c2c(C(=O)c3ccccc3)cnc3c(C(F)(F)F)cccc23)c1)c1cccc(-c2c(C(=O)c3ccccc3)cnc3c(C(F)(F)F)cccc23)c1. The number of fused-ring (bicyclic) bond motifs is 2. The molecule has 0 spiro atoms. The van der Waals surface area contributed by atoms with Gasteiger partial charge < -0.3 is 0 Å². The number of para-hydroxylation sites is 2. The summed E-state index contributed by atoms with van der Waals surface area (Å²) in [5.74, 6) is -2.67. The van der Waals surface area contributed by atoms with Gasteiger partial charge in [0.1, 0.15) is 5.78 Å². The molecule has 0 aliphatic carbocycles. The number of Topliss-reactive ketones (excluding diaryl/α,β-unsaturated/α-hetero) is 1. The van der Waals surface area contributed by atoms with Crippen LogP contribution in [-0.2, 0) is 17.1 Å². The molecule has 8 aromatic rings. The number of rotatable bonds is 10. The van der Waals surface area contributed by atoms with Gasteiger partial charge in [-0.25, -0.2) is 0 Å². The molecule has 2 unspecified atom stereocenters. The van der Waals surface area contributed by atoms with Crippen LogP contribution in [0.2, 0.25) is 0 Å². The number of carbonyl (C=O) groups is 3. The van der Waals surface area contributed by atoms with Gasteiger partial charge in [0.2, 0.25) is 0 Å². The molecule has 0 bridgehead atoms. The predicted octanol–water partition coefficient (Wildman–Crippen LogP) is 13.1. The number of hydrogen-bond donors (Lipinski definition) is 0. The molecule has 0 aliphatic rings. The van der Waals surface area contributed by atoms with Crippen LogP contribution < -0.4 is 0 Å². The second kappa shape index (κ2) is 16.3. The monoisotopic (exact) mass is 836 g/mol. The minimum Gasteiger partial charge on any atom is -0.298 e. The maximum atomic E-state index is 14.4. The quantitative estimate of drug-likeness (QED) is 0.101. The average molecular weight is 837 g/mol. The number of nitrogens with zero attached hydrogens (tertiary/aromatic N) is 2. The van der Waals surface area contributed by atoms with E-state index in [1.807, 2.05) is 0 Å². The van der Waals surface area contributed by atoms with Crippen LogP contribution in [0.5, 0.6) is 0 Å². The first-order valence-corrected chi connectivity index (χ1v) is 19.5. The minimum absolute atomic E-state index is 0.0837. The highest BCUT2D eigenvalue weighted by molar-refractivity contribution is 6.18. The fourth-order valence-corrected chi connectivity index (χ4v) is 7.99. The number of carbonyl (C=O) groups excluding carboxylic acids is 3. The van der Waals surface area contributed by atoms with E-state index in [2.05, 4.69) is 9.97 Å². The fourth-order valence-electron chi connectivity index (χ4n) is 7.99. The van der Waals surface area contributed by atoms with E-state index in [0.717, 1.165) is 24.5 Å². The Hall–Kier alpha value is -7.27. The second-order valence-corrected chi connectivity index (χ2v) is 15.0. The van der Waals surface area contributed by atoms with E-state index in [9.17, 15) is 40.7 Å². The largest absolute Gasteiger partial charge is 0.418 e. The summed E-state index contributed by atoms with van der Waals surface area (Å²) >= 11 is 0. The fraction of sp³-hybridized carbons (Fsp3) is 0.118. The van der Waals surface area contributed by atoms with E-state index >= 15 is 0 Å². The summed E-state index contributed by atoms with van der Waals surface area (Å²) in [7, 11) is 0. The van der Waals surface area contributed by atoms with Crippen molar-refractivity contribution >= 4 is 39.2 Å². The Labute approximate surface area is 351 Å². The van der Waals surface area contributed by atoms with Gasteiger partial charge >= 0.3 is 12.4 Å². The van der Waals surface area contributed by atoms with Crippen LogP contribution in [0.1, 0.15) is 79.8 Å². The van der Waals surface area contributed by atoms with Gasteiger partial charge in [-0.15, -0.1) is 0 Å². The molecule has 0 amide bonds. The molecule has 0 fully saturated rings. The molecule has 0 saturated heterocycles. The molecule has 0 aliphatic heterocycles.